The first-order valence-corrected chi connectivity index (χ1v) is 8.97. The van der Waals surface area contributed by atoms with Crippen LogP contribution in [0.1, 0.15) is 17.8 Å². The number of rotatable bonds is 5. The van der Waals surface area contributed by atoms with Crippen LogP contribution in [0.2, 0.25) is 0 Å². The van der Waals surface area contributed by atoms with E-state index in [4.69, 9.17) is 4.74 Å². The highest BCUT2D eigenvalue weighted by Crippen LogP contribution is 2.18. The number of nitrogens with zero attached hydrogens (tertiary/aromatic N) is 2. The van der Waals surface area contributed by atoms with Crippen molar-refractivity contribution in [2.24, 2.45) is 0 Å². The first-order chi connectivity index (χ1) is 12.8. The first kappa shape index (κ1) is 16.6. The van der Waals surface area contributed by atoms with Crippen molar-refractivity contribution in [2.75, 3.05) is 20.2 Å². The topological polar surface area (TPSA) is 41.1 Å². The van der Waals surface area contributed by atoms with Crippen LogP contribution in [-0.4, -0.2) is 35.1 Å². The van der Waals surface area contributed by atoms with Crippen LogP contribution in [0.25, 0.3) is 17.1 Å². The molecule has 4 nitrogen and oxygen atoms in total. The zero-order valence-electron chi connectivity index (χ0n) is 15.0. The van der Waals surface area contributed by atoms with Crippen molar-refractivity contribution in [3.8, 4) is 5.75 Å². The molecule has 2 heterocycles. The Morgan fingerprint density at radius 2 is 2.08 bits per heavy atom. The molecule has 0 fully saturated rings. The minimum Gasteiger partial charge on any atom is -0.497 e. The van der Waals surface area contributed by atoms with Crippen LogP contribution >= 0.6 is 0 Å². The summed E-state index contributed by atoms with van der Waals surface area (Å²) in [5.74, 6) is 1.93. The van der Waals surface area contributed by atoms with Gasteiger partial charge in [0.2, 0.25) is 0 Å². The Morgan fingerprint density at radius 3 is 2.88 bits per heavy atom. The van der Waals surface area contributed by atoms with Gasteiger partial charge in [-0.25, -0.2) is 4.98 Å². The Bertz CT molecular complexity index is 922. The fourth-order valence-corrected chi connectivity index (χ4v) is 3.26. The van der Waals surface area contributed by atoms with Gasteiger partial charge in [-0.15, -0.1) is 0 Å². The molecule has 4 heteroatoms. The lowest BCUT2D eigenvalue weighted by Gasteiger charge is -2.24. The van der Waals surface area contributed by atoms with Crippen LogP contribution in [0, 0.1) is 0 Å². The molecule has 0 unspecified atom stereocenters. The number of fused-ring (bicyclic) bond motifs is 1. The van der Waals surface area contributed by atoms with Gasteiger partial charge in [0.25, 0.3) is 0 Å². The summed E-state index contributed by atoms with van der Waals surface area (Å²) in [6, 6.07) is 16.3. The molecule has 0 radical (unpaired) electrons. The highest BCUT2D eigenvalue weighted by molar-refractivity contribution is 5.74. The molecule has 0 saturated carbocycles. The quantitative estimate of drug-likeness (QED) is 0.744. The van der Waals surface area contributed by atoms with Crippen LogP contribution in [0.4, 0.5) is 0 Å². The maximum absolute atomic E-state index is 5.28. The highest BCUT2D eigenvalue weighted by Gasteiger charge is 2.12. The fourth-order valence-electron chi connectivity index (χ4n) is 3.26. The fraction of sp³-hybridized carbons (Fsp3) is 0.227. The Balaban J connectivity index is 1.37. The van der Waals surface area contributed by atoms with Crippen molar-refractivity contribution in [3.63, 3.8) is 0 Å². The monoisotopic (exact) mass is 345 g/mol. The van der Waals surface area contributed by atoms with E-state index in [1.54, 1.807) is 7.11 Å². The normalized spacial score (nSPS) is 15.5. The number of aromatic nitrogens is 2. The molecule has 0 saturated heterocycles. The van der Waals surface area contributed by atoms with Crippen molar-refractivity contribution in [1.29, 1.82) is 0 Å². The van der Waals surface area contributed by atoms with Crippen molar-refractivity contribution >= 4 is 17.1 Å². The third-order valence-corrected chi connectivity index (χ3v) is 4.72. The zero-order valence-corrected chi connectivity index (χ0v) is 15.0. The number of nitrogens with one attached hydrogen (secondary N) is 1. The van der Waals surface area contributed by atoms with E-state index in [2.05, 4.69) is 45.2 Å². The van der Waals surface area contributed by atoms with Crippen LogP contribution in [0.3, 0.4) is 0 Å². The predicted molar refractivity (Wildman–Crippen MR) is 106 cm³/mol. The number of hydrogen-bond donors (Lipinski definition) is 1. The Kier molecular flexibility index (Phi) is 4.84. The van der Waals surface area contributed by atoms with E-state index in [1.807, 2.05) is 36.4 Å². The molecule has 26 heavy (non-hydrogen) atoms. The maximum Gasteiger partial charge on any atom is 0.121 e. The lowest BCUT2D eigenvalue weighted by Crippen LogP contribution is -2.28. The van der Waals surface area contributed by atoms with E-state index in [-0.39, 0.29) is 0 Å². The second-order valence-electron chi connectivity index (χ2n) is 6.57. The van der Waals surface area contributed by atoms with Crippen molar-refractivity contribution in [2.45, 2.75) is 13.0 Å². The molecule has 2 aromatic carbocycles. The van der Waals surface area contributed by atoms with E-state index < -0.39 is 0 Å². The Morgan fingerprint density at radius 1 is 1.15 bits per heavy atom. The second kappa shape index (κ2) is 7.58. The van der Waals surface area contributed by atoms with Crippen LogP contribution in [0.5, 0.6) is 5.75 Å². The van der Waals surface area contributed by atoms with Crippen molar-refractivity contribution in [1.82, 2.24) is 14.9 Å². The van der Waals surface area contributed by atoms with Crippen LogP contribution < -0.4 is 4.74 Å². The van der Waals surface area contributed by atoms with Gasteiger partial charge in [0, 0.05) is 13.1 Å². The lowest BCUT2D eigenvalue weighted by molar-refractivity contribution is 0.281. The average Bonchev–Trinajstić information content (AvgIpc) is 3.10. The summed E-state index contributed by atoms with van der Waals surface area (Å²) in [7, 11) is 1.70. The number of para-hydroxylation sites is 2. The van der Waals surface area contributed by atoms with E-state index in [0.717, 1.165) is 54.2 Å². The summed E-state index contributed by atoms with van der Waals surface area (Å²) in [5.41, 5.74) is 4.69. The van der Waals surface area contributed by atoms with Crippen molar-refractivity contribution < 1.29 is 4.74 Å². The van der Waals surface area contributed by atoms with Gasteiger partial charge in [-0.2, -0.15) is 0 Å². The molecule has 1 aromatic heterocycles. The number of hydrogen-bond acceptors (Lipinski definition) is 3. The van der Waals surface area contributed by atoms with E-state index in [1.165, 1.54) is 5.57 Å². The molecule has 0 amide bonds. The zero-order chi connectivity index (χ0) is 17.8. The molecular weight excluding hydrogens is 322 g/mol. The third-order valence-electron chi connectivity index (χ3n) is 4.72. The van der Waals surface area contributed by atoms with E-state index in [0.29, 0.717) is 0 Å². The molecule has 0 bridgehead atoms. The standard InChI is InChI=1S/C22H23N3O/c1-26-19-6-4-5-18(15-19)10-9-17-11-13-25(14-12-17)16-22-23-20-7-2-3-8-21(20)24-22/h2-11,15H,12-14,16H2,1H3,(H,23,24). The van der Waals surface area contributed by atoms with Crippen molar-refractivity contribution in [3.05, 3.63) is 77.6 Å². The smallest absolute Gasteiger partial charge is 0.121 e. The Hall–Kier alpha value is -2.85. The molecule has 132 valence electrons. The summed E-state index contributed by atoms with van der Waals surface area (Å²) in [5, 5.41) is 0. The Labute approximate surface area is 153 Å². The van der Waals surface area contributed by atoms with Gasteiger partial charge in [-0.3, -0.25) is 4.90 Å². The van der Waals surface area contributed by atoms with Gasteiger partial charge >= 0.3 is 0 Å². The van der Waals surface area contributed by atoms with Crippen LogP contribution in [-0.2, 0) is 6.54 Å². The number of benzene rings is 2. The molecule has 3 aromatic rings. The van der Waals surface area contributed by atoms with Gasteiger partial charge in [0.05, 0.1) is 24.7 Å². The summed E-state index contributed by atoms with van der Waals surface area (Å²) in [6.07, 6.45) is 7.74. The number of aromatic amines is 1. The second-order valence-corrected chi connectivity index (χ2v) is 6.57. The number of imidazole rings is 1. The molecule has 4 rings (SSSR count). The van der Waals surface area contributed by atoms with Gasteiger partial charge in [0.1, 0.15) is 11.6 Å². The SMILES string of the molecule is COc1cccc(C=CC2=CCN(Cc3nc4ccccc4[nH]3)CC2)c1. The lowest BCUT2D eigenvalue weighted by atomic mass is 10.1. The van der Waals surface area contributed by atoms with Gasteiger partial charge < -0.3 is 9.72 Å². The summed E-state index contributed by atoms with van der Waals surface area (Å²) in [6.45, 7) is 2.86. The summed E-state index contributed by atoms with van der Waals surface area (Å²) in [4.78, 5) is 10.5. The first-order valence-electron chi connectivity index (χ1n) is 8.97. The summed E-state index contributed by atoms with van der Waals surface area (Å²) >= 11 is 0. The molecule has 0 spiro atoms. The average molecular weight is 345 g/mol. The van der Waals surface area contributed by atoms with E-state index in [9.17, 15) is 0 Å². The number of ether oxygens (including phenoxy) is 1. The van der Waals surface area contributed by atoms with Gasteiger partial charge in [-0.1, -0.05) is 42.5 Å². The van der Waals surface area contributed by atoms with Gasteiger partial charge in [-0.05, 0) is 41.8 Å². The predicted octanol–water partition coefficient (Wildman–Crippen LogP) is 4.42. The molecule has 1 N–H and O–H groups in total. The maximum atomic E-state index is 5.28. The van der Waals surface area contributed by atoms with Gasteiger partial charge in [0.15, 0.2) is 0 Å². The van der Waals surface area contributed by atoms with E-state index >= 15 is 0 Å². The number of H-pyrrole nitrogens is 1. The third kappa shape index (κ3) is 3.86. The molecule has 0 atom stereocenters. The molecule has 1 aliphatic rings. The summed E-state index contributed by atoms with van der Waals surface area (Å²) < 4.78 is 5.28. The van der Waals surface area contributed by atoms with Crippen LogP contribution in [0.15, 0.2) is 66.3 Å². The number of allylic oxidation sites excluding steroid dienone is 1. The number of methoxy groups -OCH3 is 1. The molecular formula is C22H23N3O. The minimum absolute atomic E-state index is 0.859. The largest absolute Gasteiger partial charge is 0.497 e. The molecule has 1 aliphatic heterocycles. The molecule has 0 aliphatic carbocycles. The highest BCUT2D eigenvalue weighted by atomic mass is 16.5. The minimum atomic E-state index is 0.859.